The van der Waals surface area contributed by atoms with Crippen LogP contribution >= 0.6 is 11.6 Å². The molecule has 3 nitrogen and oxygen atoms in total. The highest BCUT2D eigenvalue weighted by Crippen LogP contribution is 2.47. The van der Waals surface area contributed by atoms with Crippen molar-refractivity contribution < 1.29 is 8.42 Å². The molecule has 2 aliphatic carbocycles. The van der Waals surface area contributed by atoms with Crippen LogP contribution in [-0.2, 0) is 9.84 Å². The van der Waals surface area contributed by atoms with E-state index in [-0.39, 0.29) is 5.41 Å². The van der Waals surface area contributed by atoms with E-state index in [0.717, 1.165) is 37.3 Å². The third-order valence-corrected chi connectivity index (χ3v) is 6.16. The average Bonchev–Trinajstić information content (AvgIpc) is 3.07. The summed E-state index contributed by atoms with van der Waals surface area (Å²) in [5, 5.41) is 4.35. The maximum absolute atomic E-state index is 11.4. The fourth-order valence-electron chi connectivity index (χ4n) is 3.26. The standard InChI is InChI=1S/C16H22ClNO2S/c1-21(19,20)11-16(6-7-16)10-18-15-8-13(9-15)12-2-4-14(17)5-3-12/h2-5,13,15,18H,6-11H2,1H3. The summed E-state index contributed by atoms with van der Waals surface area (Å²) in [4.78, 5) is 0. The Hall–Kier alpha value is -0.580. The summed E-state index contributed by atoms with van der Waals surface area (Å²) in [7, 11) is -2.87. The van der Waals surface area contributed by atoms with Crippen LogP contribution in [0.4, 0.5) is 0 Å². The van der Waals surface area contributed by atoms with Gasteiger partial charge in [0.15, 0.2) is 0 Å². The van der Waals surface area contributed by atoms with E-state index in [1.807, 2.05) is 12.1 Å². The van der Waals surface area contributed by atoms with E-state index in [0.29, 0.717) is 17.7 Å². The Kier molecular flexibility index (Phi) is 4.06. The lowest BCUT2D eigenvalue weighted by Gasteiger charge is -2.37. The van der Waals surface area contributed by atoms with E-state index < -0.39 is 9.84 Å². The lowest BCUT2D eigenvalue weighted by molar-refractivity contribution is 0.275. The van der Waals surface area contributed by atoms with Crippen LogP contribution in [0.5, 0.6) is 0 Å². The largest absolute Gasteiger partial charge is 0.313 e. The lowest BCUT2D eigenvalue weighted by atomic mass is 9.76. The van der Waals surface area contributed by atoms with Gasteiger partial charge in [-0.1, -0.05) is 23.7 Å². The van der Waals surface area contributed by atoms with E-state index in [1.165, 1.54) is 11.8 Å². The second kappa shape index (κ2) is 5.56. The van der Waals surface area contributed by atoms with Gasteiger partial charge >= 0.3 is 0 Å². The zero-order valence-electron chi connectivity index (χ0n) is 12.3. The Morgan fingerprint density at radius 1 is 1.24 bits per heavy atom. The van der Waals surface area contributed by atoms with E-state index in [1.54, 1.807) is 0 Å². The topological polar surface area (TPSA) is 46.2 Å². The second-order valence-electron chi connectivity index (χ2n) is 6.87. The normalized spacial score (nSPS) is 27.1. The van der Waals surface area contributed by atoms with Crippen molar-refractivity contribution in [3.63, 3.8) is 0 Å². The van der Waals surface area contributed by atoms with Crippen LogP contribution in [0, 0.1) is 5.41 Å². The number of halogens is 1. The zero-order valence-corrected chi connectivity index (χ0v) is 13.9. The maximum Gasteiger partial charge on any atom is 0.148 e. The van der Waals surface area contributed by atoms with Gasteiger partial charge in [0.2, 0.25) is 0 Å². The molecule has 1 N–H and O–H groups in total. The van der Waals surface area contributed by atoms with Gasteiger partial charge in [0, 0.05) is 23.9 Å². The van der Waals surface area contributed by atoms with Crippen molar-refractivity contribution in [1.82, 2.24) is 5.32 Å². The number of hydrogen-bond acceptors (Lipinski definition) is 3. The molecule has 2 fully saturated rings. The van der Waals surface area contributed by atoms with Crippen molar-refractivity contribution in [2.75, 3.05) is 18.6 Å². The zero-order chi connectivity index (χ0) is 15.1. The van der Waals surface area contributed by atoms with Gasteiger partial charge in [-0.05, 0) is 54.7 Å². The first-order valence-corrected chi connectivity index (χ1v) is 9.96. The molecule has 0 unspecified atom stereocenters. The molecule has 0 saturated heterocycles. The van der Waals surface area contributed by atoms with Crippen molar-refractivity contribution in [2.45, 2.75) is 37.6 Å². The minimum atomic E-state index is -2.87. The van der Waals surface area contributed by atoms with E-state index in [9.17, 15) is 8.42 Å². The van der Waals surface area contributed by atoms with E-state index >= 15 is 0 Å². The summed E-state index contributed by atoms with van der Waals surface area (Å²) in [6, 6.07) is 8.64. The monoisotopic (exact) mass is 327 g/mol. The molecular formula is C16H22ClNO2S. The highest BCUT2D eigenvalue weighted by molar-refractivity contribution is 7.90. The predicted octanol–water partition coefficient (Wildman–Crippen LogP) is 3.00. The van der Waals surface area contributed by atoms with Crippen LogP contribution in [0.3, 0.4) is 0 Å². The summed E-state index contributed by atoms with van der Waals surface area (Å²) < 4.78 is 22.9. The SMILES string of the molecule is CS(=O)(=O)CC1(CNC2CC(c3ccc(Cl)cc3)C2)CC1. The molecular weight excluding hydrogens is 306 g/mol. The van der Waals surface area contributed by atoms with Gasteiger partial charge in [-0.15, -0.1) is 0 Å². The van der Waals surface area contributed by atoms with Gasteiger partial charge in [-0.3, -0.25) is 0 Å². The first kappa shape index (κ1) is 15.3. The van der Waals surface area contributed by atoms with Gasteiger partial charge in [-0.2, -0.15) is 0 Å². The molecule has 1 aromatic rings. The molecule has 116 valence electrons. The molecule has 5 heteroatoms. The number of hydrogen-bond donors (Lipinski definition) is 1. The van der Waals surface area contributed by atoms with Crippen LogP contribution in [0.2, 0.25) is 5.02 Å². The second-order valence-corrected chi connectivity index (χ2v) is 9.44. The quantitative estimate of drug-likeness (QED) is 0.873. The summed E-state index contributed by atoms with van der Waals surface area (Å²) >= 11 is 5.90. The number of nitrogens with one attached hydrogen (secondary N) is 1. The number of benzene rings is 1. The fraction of sp³-hybridized carbons (Fsp3) is 0.625. The van der Waals surface area contributed by atoms with Gasteiger partial charge in [0.1, 0.15) is 9.84 Å². The molecule has 1 aromatic carbocycles. The Morgan fingerprint density at radius 2 is 1.86 bits per heavy atom. The Morgan fingerprint density at radius 3 is 2.38 bits per heavy atom. The van der Waals surface area contributed by atoms with Crippen molar-refractivity contribution >= 4 is 21.4 Å². The molecule has 3 rings (SSSR count). The Labute approximate surface area is 132 Å². The molecule has 21 heavy (non-hydrogen) atoms. The van der Waals surface area contributed by atoms with Gasteiger partial charge < -0.3 is 5.32 Å². The molecule has 0 atom stereocenters. The van der Waals surface area contributed by atoms with Crippen molar-refractivity contribution in [2.24, 2.45) is 5.41 Å². The first-order valence-electron chi connectivity index (χ1n) is 7.52. The first-order chi connectivity index (χ1) is 9.85. The molecule has 2 saturated carbocycles. The predicted molar refractivity (Wildman–Crippen MR) is 86.6 cm³/mol. The minimum Gasteiger partial charge on any atom is -0.313 e. The highest BCUT2D eigenvalue weighted by Gasteiger charge is 2.45. The van der Waals surface area contributed by atoms with Crippen LogP contribution in [-0.4, -0.2) is 33.0 Å². The molecule has 0 aromatic heterocycles. The smallest absolute Gasteiger partial charge is 0.148 e. The summed E-state index contributed by atoms with van der Waals surface area (Å²) in [5.41, 5.74) is 1.38. The van der Waals surface area contributed by atoms with Crippen molar-refractivity contribution in [3.8, 4) is 0 Å². The summed E-state index contributed by atoms with van der Waals surface area (Å²) in [6.07, 6.45) is 5.70. The Balaban J connectivity index is 1.44. The molecule has 0 radical (unpaired) electrons. The molecule has 0 amide bonds. The van der Waals surface area contributed by atoms with Crippen LogP contribution < -0.4 is 5.32 Å². The van der Waals surface area contributed by atoms with Crippen molar-refractivity contribution in [3.05, 3.63) is 34.9 Å². The maximum atomic E-state index is 11.4. The molecule has 2 aliphatic rings. The number of rotatable bonds is 6. The molecule has 0 heterocycles. The number of sulfone groups is 1. The van der Waals surface area contributed by atoms with E-state index in [4.69, 9.17) is 11.6 Å². The third kappa shape index (κ3) is 3.99. The van der Waals surface area contributed by atoms with Gasteiger partial charge in [0.25, 0.3) is 0 Å². The lowest BCUT2D eigenvalue weighted by Crippen LogP contribution is -2.43. The van der Waals surface area contributed by atoms with Crippen LogP contribution in [0.1, 0.15) is 37.2 Å². The fourth-order valence-corrected chi connectivity index (χ4v) is 4.89. The minimum absolute atomic E-state index is 0.0267. The summed E-state index contributed by atoms with van der Waals surface area (Å²) in [6.45, 7) is 0.845. The molecule has 0 bridgehead atoms. The van der Waals surface area contributed by atoms with E-state index in [2.05, 4.69) is 17.4 Å². The third-order valence-electron chi connectivity index (χ3n) is 4.77. The van der Waals surface area contributed by atoms with Gasteiger partial charge in [-0.25, -0.2) is 8.42 Å². The molecule has 0 aliphatic heterocycles. The Bertz CT molecular complexity index is 602. The summed E-state index contributed by atoms with van der Waals surface area (Å²) in [5.74, 6) is 0.949. The highest BCUT2D eigenvalue weighted by atomic mass is 35.5. The van der Waals surface area contributed by atoms with Gasteiger partial charge in [0.05, 0.1) is 5.75 Å². The van der Waals surface area contributed by atoms with Crippen molar-refractivity contribution in [1.29, 1.82) is 0 Å². The van der Waals surface area contributed by atoms with Crippen LogP contribution in [0.15, 0.2) is 24.3 Å². The average molecular weight is 328 g/mol. The molecule has 0 spiro atoms. The van der Waals surface area contributed by atoms with Crippen LogP contribution in [0.25, 0.3) is 0 Å².